The van der Waals surface area contributed by atoms with E-state index >= 15 is 0 Å². The summed E-state index contributed by atoms with van der Waals surface area (Å²) in [6.07, 6.45) is 6.46. The Hall–Kier alpha value is -2.37. The number of nitrogens with one attached hydrogen (secondary N) is 1. The van der Waals surface area contributed by atoms with Gasteiger partial charge in [0.2, 0.25) is 5.91 Å². The van der Waals surface area contributed by atoms with Crippen molar-refractivity contribution < 1.29 is 4.79 Å². The molecule has 2 aromatic heterocycles. The number of hydrogen-bond acceptors (Lipinski definition) is 3. The highest BCUT2D eigenvalue weighted by Crippen LogP contribution is 1.96. The van der Waals surface area contributed by atoms with Gasteiger partial charge < -0.3 is 9.88 Å². The van der Waals surface area contributed by atoms with E-state index in [1.165, 1.54) is 10.6 Å². The number of carbonyl (C=O) groups excluding carboxylic acids is 1. The van der Waals surface area contributed by atoms with Crippen LogP contribution < -0.4 is 10.9 Å². The van der Waals surface area contributed by atoms with Crippen LogP contribution in [0.2, 0.25) is 0 Å². The number of pyridine rings is 1. The third-order valence-electron chi connectivity index (χ3n) is 2.97. The van der Waals surface area contributed by atoms with Gasteiger partial charge in [-0.1, -0.05) is 6.07 Å². The van der Waals surface area contributed by atoms with Crippen LogP contribution in [0.3, 0.4) is 0 Å². The monoisotopic (exact) mass is 274 g/mol. The van der Waals surface area contributed by atoms with Crippen LogP contribution in [0.1, 0.15) is 12.0 Å². The van der Waals surface area contributed by atoms with E-state index in [4.69, 9.17) is 0 Å². The second-order valence-corrected chi connectivity index (χ2v) is 4.60. The molecule has 0 spiro atoms. The van der Waals surface area contributed by atoms with Gasteiger partial charge in [-0.3, -0.25) is 14.3 Å². The van der Waals surface area contributed by atoms with Crippen LogP contribution in [-0.2, 0) is 24.8 Å². The van der Waals surface area contributed by atoms with Crippen molar-refractivity contribution >= 4 is 5.91 Å². The Morgan fingerprint density at radius 1 is 1.40 bits per heavy atom. The molecule has 0 aromatic carbocycles. The van der Waals surface area contributed by atoms with Crippen molar-refractivity contribution in [1.82, 2.24) is 19.7 Å². The summed E-state index contributed by atoms with van der Waals surface area (Å²) < 4.78 is 3.26. The standard InChI is InChI=1S/C14H18N4O2/c1-17-11-12(10-16-17)5-7-15-13(19)6-9-18-8-3-2-4-14(18)20/h2-4,8,10-11H,5-7,9H2,1H3,(H,15,19). The van der Waals surface area contributed by atoms with Crippen molar-refractivity contribution in [1.29, 1.82) is 0 Å². The zero-order valence-corrected chi connectivity index (χ0v) is 11.5. The molecule has 1 amide bonds. The smallest absolute Gasteiger partial charge is 0.250 e. The fraction of sp³-hybridized carbons (Fsp3) is 0.357. The maximum Gasteiger partial charge on any atom is 0.250 e. The summed E-state index contributed by atoms with van der Waals surface area (Å²) in [5.74, 6) is -0.0513. The molecular weight excluding hydrogens is 256 g/mol. The van der Waals surface area contributed by atoms with Crippen LogP contribution in [0.15, 0.2) is 41.6 Å². The Balaban J connectivity index is 1.71. The molecule has 0 bridgehead atoms. The van der Waals surface area contributed by atoms with Gasteiger partial charge in [-0.25, -0.2) is 0 Å². The molecule has 0 atom stereocenters. The first kappa shape index (κ1) is 14.0. The number of amides is 1. The summed E-state index contributed by atoms with van der Waals surface area (Å²) in [7, 11) is 1.86. The van der Waals surface area contributed by atoms with Gasteiger partial charge in [0.1, 0.15) is 0 Å². The maximum atomic E-state index is 11.7. The largest absolute Gasteiger partial charge is 0.356 e. The minimum absolute atomic E-state index is 0.0513. The predicted octanol–water partition coefficient (Wildman–Crippen LogP) is 0.331. The Labute approximate surface area is 117 Å². The molecule has 20 heavy (non-hydrogen) atoms. The highest BCUT2D eigenvalue weighted by molar-refractivity contribution is 5.75. The zero-order valence-electron chi connectivity index (χ0n) is 11.5. The second kappa shape index (κ2) is 6.70. The van der Waals surface area contributed by atoms with Crippen LogP contribution in [0.4, 0.5) is 0 Å². The van der Waals surface area contributed by atoms with Crippen LogP contribution in [0.25, 0.3) is 0 Å². The predicted molar refractivity (Wildman–Crippen MR) is 75.2 cm³/mol. The number of aromatic nitrogens is 3. The van der Waals surface area contributed by atoms with E-state index in [0.717, 1.165) is 12.0 Å². The number of carbonyl (C=O) groups is 1. The van der Waals surface area contributed by atoms with Gasteiger partial charge in [0.25, 0.3) is 5.56 Å². The van der Waals surface area contributed by atoms with Crippen molar-refractivity contribution in [3.63, 3.8) is 0 Å². The SMILES string of the molecule is Cn1cc(CCNC(=O)CCn2ccccc2=O)cn1. The van der Waals surface area contributed by atoms with Gasteiger partial charge in [-0.05, 0) is 18.1 Å². The summed E-state index contributed by atoms with van der Waals surface area (Å²) in [4.78, 5) is 23.1. The lowest BCUT2D eigenvalue weighted by atomic mass is 10.2. The Kier molecular flexibility index (Phi) is 4.70. The van der Waals surface area contributed by atoms with Crippen LogP contribution in [0.5, 0.6) is 0 Å². The summed E-state index contributed by atoms with van der Waals surface area (Å²) in [6.45, 7) is 0.979. The van der Waals surface area contributed by atoms with Gasteiger partial charge in [0.15, 0.2) is 0 Å². The first-order chi connectivity index (χ1) is 9.65. The summed E-state index contributed by atoms with van der Waals surface area (Å²) in [5.41, 5.74) is 1.00. The normalized spacial score (nSPS) is 10.4. The Morgan fingerprint density at radius 2 is 2.25 bits per heavy atom. The van der Waals surface area contributed by atoms with Crippen LogP contribution in [0, 0.1) is 0 Å². The molecule has 0 saturated heterocycles. The third-order valence-corrected chi connectivity index (χ3v) is 2.97. The molecule has 1 N–H and O–H groups in total. The van der Waals surface area contributed by atoms with E-state index in [-0.39, 0.29) is 11.5 Å². The molecule has 2 rings (SSSR count). The van der Waals surface area contributed by atoms with Crippen molar-refractivity contribution in [2.24, 2.45) is 7.05 Å². The van der Waals surface area contributed by atoms with Gasteiger partial charge in [0.05, 0.1) is 6.20 Å². The molecule has 6 heteroatoms. The van der Waals surface area contributed by atoms with Gasteiger partial charge in [-0.2, -0.15) is 5.10 Å². The van der Waals surface area contributed by atoms with Gasteiger partial charge in [-0.15, -0.1) is 0 Å². The van der Waals surface area contributed by atoms with Crippen LogP contribution in [-0.4, -0.2) is 26.8 Å². The molecular formula is C14H18N4O2. The Bertz CT molecular complexity index is 630. The van der Waals surface area contributed by atoms with E-state index in [2.05, 4.69) is 10.4 Å². The molecule has 0 aliphatic heterocycles. The minimum atomic E-state index is -0.0874. The topological polar surface area (TPSA) is 68.9 Å². The molecule has 0 unspecified atom stereocenters. The lowest BCUT2D eigenvalue weighted by molar-refractivity contribution is -0.121. The van der Waals surface area contributed by atoms with Gasteiger partial charge in [0, 0.05) is 45.0 Å². The highest BCUT2D eigenvalue weighted by atomic mass is 16.1. The zero-order chi connectivity index (χ0) is 14.4. The molecule has 2 heterocycles. The third kappa shape index (κ3) is 4.08. The average molecular weight is 274 g/mol. The van der Waals surface area contributed by atoms with E-state index in [1.54, 1.807) is 29.2 Å². The van der Waals surface area contributed by atoms with Crippen molar-refractivity contribution in [3.05, 3.63) is 52.7 Å². The van der Waals surface area contributed by atoms with Gasteiger partial charge >= 0.3 is 0 Å². The maximum absolute atomic E-state index is 11.7. The highest BCUT2D eigenvalue weighted by Gasteiger charge is 2.03. The van der Waals surface area contributed by atoms with E-state index in [1.807, 2.05) is 13.2 Å². The summed E-state index contributed by atoms with van der Waals surface area (Å²) in [5, 5.41) is 6.90. The van der Waals surface area contributed by atoms with E-state index < -0.39 is 0 Å². The molecule has 0 fully saturated rings. The van der Waals surface area contributed by atoms with Crippen molar-refractivity contribution in [2.45, 2.75) is 19.4 Å². The fourth-order valence-corrected chi connectivity index (χ4v) is 1.90. The second-order valence-electron chi connectivity index (χ2n) is 4.60. The molecule has 106 valence electrons. The van der Waals surface area contributed by atoms with E-state index in [0.29, 0.717) is 19.5 Å². The summed E-state index contributed by atoms with van der Waals surface area (Å²) in [6, 6.07) is 4.95. The van der Waals surface area contributed by atoms with E-state index in [9.17, 15) is 9.59 Å². The minimum Gasteiger partial charge on any atom is -0.356 e. The molecule has 2 aromatic rings. The van der Waals surface area contributed by atoms with Crippen molar-refractivity contribution in [3.8, 4) is 0 Å². The fourth-order valence-electron chi connectivity index (χ4n) is 1.90. The Morgan fingerprint density at radius 3 is 2.95 bits per heavy atom. The van der Waals surface area contributed by atoms with Crippen LogP contribution >= 0.6 is 0 Å². The number of rotatable bonds is 6. The summed E-state index contributed by atoms with van der Waals surface area (Å²) >= 11 is 0. The molecule has 0 aliphatic carbocycles. The number of hydrogen-bond donors (Lipinski definition) is 1. The molecule has 0 aliphatic rings. The number of aryl methyl sites for hydroxylation is 2. The van der Waals surface area contributed by atoms with Crippen molar-refractivity contribution in [2.75, 3.05) is 6.54 Å². The molecule has 6 nitrogen and oxygen atoms in total. The lowest BCUT2D eigenvalue weighted by Gasteiger charge is -2.06. The first-order valence-corrected chi connectivity index (χ1v) is 6.55. The average Bonchev–Trinajstić information content (AvgIpc) is 2.83. The molecule has 0 radical (unpaired) electrons. The first-order valence-electron chi connectivity index (χ1n) is 6.55. The quantitative estimate of drug-likeness (QED) is 0.825. The lowest BCUT2D eigenvalue weighted by Crippen LogP contribution is -2.28. The number of nitrogens with zero attached hydrogens (tertiary/aromatic N) is 3. The molecule has 0 saturated carbocycles.